The number of amides is 1. The molecule has 0 saturated carbocycles. The SMILES string of the molecule is Cc1cc(C(=O)NCc2ncc[nH]2)nn1-c1cccc(Cl)c1. The number of nitrogens with zero attached hydrogens (tertiary/aromatic N) is 3. The van der Waals surface area contributed by atoms with Crippen LogP contribution in [0.3, 0.4) is 0 Å². The minimum absolute atomic E-state index is 0.250. The van der Waals surface area contributed by atoms with Gasteiger partial charge in [-0.2, -0.15) is 5.10 Å². The summed E-state index contributed by atoms with van der Waals surface area (Å²) >= 11 is 5.99. The van der Waals surface area contributed by atoms with Crippen LogP contribution >= 0.6 is 11.6 Å². The molecule has 6 nitrogen and oxygen atoms in total. The molecule has 0 spiro atoms. The molecule has 22 heavy (non-hydrogen) atoms. The van der Waals surface area contributed by atoms with E-state index in [2.05, 4.69) is 20.4 Å². The number of imidazole rings is 1. The van der Waals surface area contributed by atoms with E-state index in [0.717, 1.165) is 11.4 Å². The lowest BCUT2D eigenvalue weighted by atomic mass is 10.3. The summed E-state index contributed by atoms with van der Waals surface area (Å²) in [6.45, 7) is 2.21. The average Bonchev–Trinajstić information content (AvgIpc) is 3.14. The highest BCUT2D eigenvalue weighted by molar-refractivity contribution is 6.30. The van der Waals surface area contributed by atoms with Crippen molar-refractivity contribution < 1.29 is 4.79 Å². The first-order chi connectivity index (χ1) is 10.6. The van der Waals surface area contributed by atoms with Crippen LogP contribution in [-0.2, 0) is 6.54 Å². The van der Waals surface area contributed by atoms with Gasteiger partial charge in [0.05, 0.1) is 12.2 Å². The van der Waals surface area contributed by atoms with E-state index in [0.29, 0.717) is 23.1 Å². The Morgan fingerprint density at radius 3 is 3.00 bits per heavy atom. The first-order valence-corrected chi connectivity index (χ1v) is 7.10. The maximum absolute atomic E-state index is 12.1. The molecule has 1 aromatic carbocycles. The molecule has 3 aromatic rings. The number of H-pyrrole nitrogens is 1. The molecule has 3 rings (SSSR count). The van der Waals surface area contributed by atoms with Gasteiger partial charge in [0.2, 0.25) is 0 Å². The highest BCUT2D eigenvalue weighted by Crippen LogP contribution is 2.16. The minimum Gasteiger partial charge on any atom is -0.347 e. The maximum atomic E-state index is 12.1. The molecule has 0 fully saturated rings. The summed E-state index contributed by atoms with van der Waals surface area (Å²) in [5.74, 6) is 0.444. The Hall–Kier alpha value is -2.60. The van der Waals surface area contributed by atoms with Crippen molar-refractivity contribution in [1.82, 2.24) is 25.1 Å². The number of aromatic nitrogens is 4. The lowest BCUT2D eigenvalue weighted by Gasteiger charge is -2.04. The van der Waals surface area contributed by atoms with Crippen LogP contribution in [0.5, 0.6) is 0 Å². The molecule has 0 atom stereocenters. The number of halogens is 1. The van der Waals surface area contributed by atoms with Gasteiger partial charge in [0.1, 0.15) is 5.82 Å². The molecular formula is C15H14ClN5O. The van der Waals surface area contributed by atoms with Crippen LogP contribution in [0, 0.1) is 6.92 Å². The number of aromatic amines is 1. The zero-order valence-corrected chi connectivity index (χ0v) is 12.6. The van der Waals surface area contributed by atoms with Crippen molar-refractivity contribution in [3.8, 4) is 5.69 Å². The Labute approximate surface area is 132 Å². The van der Waals surface area contributed by atoms with Crippen molar-refractivity contribution in [1.29, 1.82) is 0 Å². The molecule has 2 heterocycles. The van der Waals surface area contributed by atoms with Crippen LogP contribution < -0.4 is 5.32 Å². The molecule has 2 N–H and O–H groups in total. The molecule has 0 aliphatic carbocycles. The van der Waals surface area contributed by atoms with Gasteiger partial charge < -0.3 is 10.3 Å². The Morgan fingerprint density at radius 2 is 2.27 bits per heavy atom. The fraction of sp³-hybridized carbons (Fsp3) is 0.133. The van der Waals surface area contributed by atoms with Gasteiger partial charge in [0, 0.05) is 23.1 Å². The van der Waals surface area contributed by atoms with Gasteiger partial charge in [-0.25, -0.2) is 9.67 Å². The third-order valence-corrected chi connectivity index (χ3v) is 3.38. The fourth-order valence-electron chi connectivity index (χ4n) is 2.10. The smallest absolute Gasteiger partial charge is 0.272 e. The fourth-order valence-corrected chi connectivity index (χ4v) is 2.29. The predicted molar refractivity (Wildman–Crippen MR) is 83.1 cm³/mol. The Kier molecular flexibility index (Phi) is 3.93. The lowest BCUT2D eigenvalue weighted by molar-refractivity contribution is 0.0944. The summed E-state index contributed by atoms with van der Waals surface area (Å²) < 4.78 is 1.69. The maximum Gasteiger partial charge on any atom is 0.272 e. The van der Waals surface area contributed by atoms with Gasteiger partial charge in [0.25, 0.3) is 5.91 Å². The van der Waals surface area contributed by atoms with Crippen molar-refractivity contribution >= 4 is 17.5 Å². The van der Waals surface area contributed by atoms with E-state index in [1.807, 2.05) is 19.1 Å². The van der Waals surface area contributed by atoms with E-state index in [-0.39, 0.29) is 5.91 Å². The number of hydrogen-bond acceptors (Lipinski definition) is 3. The molecule has 0 aliphatic heterocycles. The Balaban J connectivity index is 1.78. The molecule has 7 heteroatoms. The molecule has 1 amide bonds. The third-order valence-electron chi connectivity index (χ3n) is 3.14. The van der Waals surface area contributed by atoms with Crippen LogP contribution in [0.4, 0.5) is 0 Å². The van der Waals surface area contributed by atoms with Crippen molar-refractivity contribution in [2.75, 3.05) is 0 Å². The minimum atomic E-state index is -0.250. The molecule has 2 aromatic heterocycles. The number of carbonyl (C=O) groups is 1. The molecule has 0 radical (unpaired) electrons. The van der Waals surface area contributed by atoms with Crippen LogP contribution in [0.25, 0.3) is 5.69 Å². The van der Waals surface area contributed by atoms with Gasteiger partial charge in [-0.3, -0.25) is 4.79 Å². The van der Waals surface area contributed by atoms with Crippen LogP contribution in [0.1, 0.15) is 22.0 Å². The summed E-state index contributed by atoms with van der Waals surface area (Å²) in [7, 11) is 0. The highest BCUT2D eigenvalue weighted by Gasteiger charge is 2.13. The van der Waals surface area contributed by atoms with Crippen molar-refractivity contribution in [3.63, 3.8) is 0 Å². The van der Waals surface area contributed by atoms with Gasteiger partial charge >= 0.3 is 0 Å². The van der Waals surface area contributed by atoms with Gasteiger partial charge in [-0.1, -0.05) is 17.7 Å². The largest absolute Gasteiger partial charge is 0.347 e. The second kappa shape index (κ2) is 6.03. The summed E-state index contributed by atoms with van der Waals surface area (Å²) in [4.78, 5) is 19.1. The molecule has 0 unspecified atom stereocenters. The van der Waals surface area contributed by atoms with Crippen molar-refractivity contribution in [3.05, 3.63) is 65.0 Å². The number of carbonyl (C=O) groups excluding carboxylic acids is 1. The first-order valence-electron chi connectivity index (χ1n) is 6.72. The second-order valence-electron chi connectivity index (χ2n) is 4.78. The van der Waals surface area contributed by atoms with Crippen LogP contribution in [-0.4, -0.2) is 25.7 Å². The van der Waals surface area contributed by atoms with E-state index in [1.54, 1.807) is 35.3 Å². The van der Waals surface area contributed by atoms with Gasteiger partial charge in [-0.15, -0.1) is 0 Å². The van der Waals surface area contributed by atoms with Gasteiger partial charge in [-0.05, 0) is 31.2 Å². The average molecular weight is 316 g/mol. The molecule has 112 valence electrons. The molecular weight excluding hydrogens is 302 g/mol. The molecule has 0 aliphatic rings. The summed E-state index contributed by atoms with van der Waals surface area (Å²) in [6, 6.07) is 9.05. The van der Waals surface area contributed by atoms with E-state index in [1.165, 1.54) is 0 Å². The topological polar surface area (TPSA) is 75.6 Å². The quantitative estimate of drug-likeness (QED) is 0.776. The number of aryl methyl sites for hydroxylation is 1. The predicted octanol–water partition coefficient (Wildman–Crippen LogP) is 2.49. The standard InChI is InChI=1S/C15H14ClN5O/c1-10-7-13(15(22)19-9-14-17-5-6-18-14)20-21(10)12-4-2-3-11(16)8-12/h2-8H,9H2,1H3,(H,17,18)(H,19,22). The zero-order chi connectivity index (χ0) is 15.5. The summed E-state index contributed by atoms with van der Waals surface area (Å²) in [6.07, 6.45) is 3.35. The second-order valence-corrected chi connectivity index (χ2v) is 5.22. The molecule has 0 saturated heterocycles. The highest BCUT2D eigenvalue weighted by atomic mass is 35.5. The molecule has 0 bridgehead atoms. The lowest BCUT2D eigenvalue weighted by Crippen LogP contribution is -2.24. The van der Waals surface area contributed by atoms with E-state index in [4.69, 9.17) is 11.6 Å². The Morgan fingerprint density at radius 1 is 1.41 bits per heavy atom. The van der Waals surface area contributed by atoms with Crippen LogP contribution in [0.2, 0.25) is 5.02 Å². The Bertz CT molecular complexity index is 794. The number of hydrogen-bond donors (Lipinski definition) is 2. The van der Waals surface area contributed by atoms with E-state index >= 15 is 0 Å². The first kappa shape index (κ1) is 14.3. The van der Waals surface area contributed by atoms with Crippen molar-refractivity contribution in [2.24, 2.45) is 0 Å². The number of rotatable bonds is 4. The zero-order valence-electron chi connectivity index (χ0n) is 11.9. The van der Waals surface area contributed by atoms with E-state index < -0.39 is 0 Å². The summed E-state index contributed by atoms with van der Waals surface area (Å²) in [5.41, 5.74) is 2.02. The number of benzene rings is 1. The monoisotopic (exact) mass is 315 g/mol. The normalized spacial score (nSPS) is 10.6. The van der Waals surface area contributed by atoms with Crippen molar-refractivity contribution in [2.45, 2.75) is 13.5 Å². The van der Waals surface area contributed by atoms with Gasteiger partial charge in [0.15, 0.2) is 5.69 Å². The summed E-state index contributed by atoms with van der Waals surface area (Å²) in [5, 5.41) is 7.73. The van der Waals surface area contributed by atoms with Crippen LogP contribution in [0.15, 0.2) is 42.7 Å². The van der Waals surface area contributed by atoms with E-state index in [9.17, 15) is 4.79 Å². The third kappa shape index (κ3) is 3.01. The number of nitrogens with one attached hydrogen (secondary N) is 2.